The molecule has 2 heterocycles. The number of carbonyl (C=O) groups is 2. The van der Waals surface area contributed by atoms with Crippen LogP contribution in [0.1, 0.15) is 51.8 Å². The van der Waals surface area contributed by atoms with Gasteiger partial charge in [0.05, 0.1) is 17.7 Å². The van der Waals surface area contributed by atoms with Crippen molar-refractivity contribution in [2.75, 3.05) is 13.1 Å². The molecule has 1 saturated heterocycles. The zero-order valence-corrected chi connectivity index (χ0v) is 18.6. The molecule has 1 fully saturated rings. The lowest BCUT2D eigenvalue weighted by atomic mass is 9.96. The summed E-state index contributed by atoms with van der Waals surface area (Å²) in [6, 6.07) is 15.7. The van der Waals surface area contributed by atoms with E-state index in [0.717, 1.165) is 24.0 Å². The number of nitrogens with zero attached hydrogens (tertiary/aromatic N) is 3. The lowest BCUT2D eigenvalue weighted by Gasteiger charge is -2.32. The van der Waals surface area contributed by atoms with Crippen LogP contribution in [0.3, 0.4) is 0 Å². The molecule has 0 radical (unpaired) electrons. The van der Waals surface area contributed by atoms with E-state index in [1.807, 2.05) is 42.2 Å². The van der Waals surface area contributed by atoms with Crippen LogP contribution < -0.4 is 5.32 Å². The Labute approximate surface area is 192 Å². The third-order valence-corrected chi connectivity index (χ3v) is 5.95. The minimum Gasteiger partial charge on any atom is -0.348 e. The SMILES string of the molecule is Cc1nc([C@@H]2CCCN(C(=O)Cc3ccc(F)cc3)C2)ncc1C(=O)NCc1ccccc1. The number of aromatic nitrogens is 2. The van der Waals surface area contributed by atoms with Crippen LogP contribution in [0, 0.1) is 12.7 Å². The zero-order valence-electron chi connectivity index (χ0n) is 18.6. The molecule has 0 aliphatic carbocycles. The number of rotatable bonds is 6. The normalized spacial score (nSPS) is 15.8. The molecule has 0 spiro atoms. The first-order valence-electron chi connectivity index (χ1n) is 11.2. The summed E-state index contributed by atoms with van der Waals surface area (Å²) in [6.07, 6.45) is 3.57. The van der Waals surface area contributed by atoms with Crippen molar-refractivity contribution in [2.45, 2.75) is 38.6 Å². The molecule has 4 rings (SSSR count). The Hall–Kier alpha value is -3.61. The number of likely N-dealkylation sites (tertiary alicyclic amines) is 1. The van der Waals surface area contributed by atoms with Gasteiger partial charge in [0.25, 0.3) is 5.91 Å². The molecule has 1 aromatic heterocycles. The summed E-state index contributed by atoms with van der Waals surface area (Å²) in [4.78, 5) is 36.3. The maximum atomic E-state index is 13.1. The Morgan fingerprint density at radius 3 is 2.58 bits per heavy atom. The molecular formula is C26H27FN4O2. The van der Waals surface area contributed by atoms with E-state index in [0.29, 0.717) is 36.7 Å². The molecular weight excluding hydrogens is 419 g/mol. The molecule has 2 amide bonds. The van der Waals surface area contributed by atoms with Crippen LogP contribution >= 0.6 is 0 Å². The maximum Gasteiger partial charge on any atom is 0.254 e. The highest BCUT2D eigenvalue weighted by atomic mass is 19.1. The second-order valence-electron chi connectivity index (χ2n) is 8.38. The van der Waals surface area contributed by atoms with Crippen LogP contribution in [0.4, 0.5) is 4.39 Å². The van der Waals surface area contributed by atoms with Crippen molar-refractivity contribution in [2.24, 2.45) is 0 Å². The van der Waals surface area contributed by atoms with E-state index in [-0.39, 0.29) is 30.0 Å². The predicted octanol–water partition coefficient (Wildman–Crippen LogP) is 3.80. The van der Waals surface area contributed by atoms with Crippen molar-refractivity contribution in [3.05, 3.63) is 94.8 Å². The zero-order chi connectivity index (χ0) is 23.2. The van der Waals surface area contributed by atoms with Crippen molar-refractivity contribution < 1.29 is 14.0 Å². The number of piperidine rings is 1. The van der Waals surface area contributed by atoms with Gasteiger partial charge in [0.2, 0.25) is 5.91 Å². The minimum absolute atomic E-state index is 0.0138. The lowest BCUT2D eigenvalue weighted by molar-refractivity contribution is -0.131. The van der Waals surface area contributed by atoms with Crippen LogP contribution in [-0.2, 0) is 17.8 Å². The number of halogens is 1. The van der Waals surface area contributed by atoms with Gasteiger partial charge in [-0.15, -0.1) is 0 Å². The van der Waals surface area contributed by atoms with E-state index in [1.165, 1.54) is 12.1 Å². The summed E-state index contributed by atoms with van der Waals surface area (Å²) in [7, 11) is 0. The fourth-order valence-electron chi connectivity index (χ4n) is 4.08. The molecule has 1 atom stereocenters. The Morgan fingerprint density at radius 1 is 1.09 bits per heavy atom. The van der Waals surface area contributed by atoms with Crippen molar-refractivity contribution >= 4 is 11.8 Å². The Kier molecular flexibility index (Phi) is 7.07. The average molecular weight is 447 g/mol. The van der Waals surface area contributed by atoms with E-state index in [4.69, 9.17) is 0 Å². The molecule has 1 N–H and O–H groups in total. The van der Waals surface area contributed by atoms with Gasteiger partial charge in [0.1, 0.15) is 11.6 Å². The van der Waals surface area contributed by atoms with Crippen molar-refractivity contribution in [1.82, 2.24) is 20.2 Å². The number of carbonyl (C=O) groups excluding carboxylic acids is 2. The smallest absolute Gasteiger partial charge is 0.254 e. The van der Waals surface area contributed by atoms with Crippen LogP contribution in [0.2, 0.25) is 0 Å². The van der Waals surface area contributed by atoms with E-state index in [2.05, 4.69) is 15.3 Å². The van der Waals surface area contributed by atoms with Gasteiger partial charge in [-0.05, 0) is 43.0 Å². The molecule has 1 aliphatic rings. The van der Waals surface area contributed by atoms with Crippen LogP contribution in [-0.4, -0.2) is 39.8 Å². The first-order valence-corrected chi connectivity index (χ1v) is 11.2. The summed E-state index contributed by atoms with van der Waals surface area (Å²) in [5.74, 6) is 0.180. The molecule has 0 bridgehead atoms. The second-order valence-corrected chi connectivity index (χ2v) is 8.38. The minimum atomic E-state index is -0.311. The van der Waals surface area contributed by atoms with Gasteiger partial charge in [0, 0.05) is 31.7 Å². The fraction of sp³-hybridized carbons (Fsp3) is 0.308. The van der Waals surface area contributed by atoms with Crippen molar-refractivity contribution in [3.8, 4) is 0 Å². The fourth-order valence-corrected chi connectivity index (χ4v) is 4.08. The molecule has 3 aromatic rings. The lowest BCUT2D eigenvalue weighted by Crippen LogP contribution is -2.40. The quantitative estimate of drug-likeness (QED) is 0.625. The first-order chi connectivity index (χ1) is 16.0. The summed E-state index contributed by atoms with van der Waals surface area (Å²) in [5.41, 5.74) is 2.89. The topological polar surface area (TPSA) is 75.2 Å². The van der Waals surface area contributed by atoms with Crippen LogP contribution in [0.15, 0.2) is 60.8 Å². The monoisotopic (exact) mass is 446 g/mol. The van der Waals surface area contributed by atoms with Gasteiger partial charge in [-0.25, -0.2) is 14.4 Å². The molecule has 2 aromatic carbocycles. The van der Waals surface area contributed by atoms with Gasteiger partial charge in [0.15, 0.2) is 0 Å². The number of aryl methyl sites for hydroxylation is 1. The maximum absolute atomic E-state index is 13.1. The van der Waals surface area contributed by atoms with Gasteiger partial charge < -0.3 is 10.2 Å². The first kappa shape index (κ1) is 22.6. The van der Waals surface area contributed by atoms with Gasteiger partial charge in [-0.1, -0.05) is 42.5 Å². The second kappa shape index (κ2) is 10.3. The van der Waals surface area contributed by atoms with Gasteiger partial charge in [-0.2, -0.15) is 0 Å². The number of benzene rings is 2. The standard InChI is InChI=1S/C26H27FN4O2/c1-18-23(26(33)29-15-20-6-3-2-4-7-20)16-28-25(30-18)21-8-5-13-31(17-21)24(32)14-19-9-11-22(27)12-10-19/h2-4,6-7,9-12,16,21H,5,8,13-15,17H2,1H3,(H,29,33)/t21-/m1/s1. The third-order valence-electron chi connectivity index (χ3n) is 5.95. The molecule has 33 heavy (non-hydrogen) atoms. The van der Waals surface area contributed by atoms with Gasteiger partial charge >= 0.3 is 0 Å². The Morgan fingerprint density at radius 2 is 1.85 bits per heavy atom. The third kappa shape index (κ3) is 5.80. The van der Waals surface area contributed by atoms with Gasteiger partial charge in [-0.3, -0.25) is 9.59 Å². The molecule has 7 heteroatoms. The molecule has 0 unspecified atom stereocenters. The summed E-state index contributed by atoms with van der Waals surface area (Å²) in [5, 5.41) is 2.91. The summed E-state index contributed by atoms with van der Waals surface area (Å²) >= 11 is 0. The highest BCUT2D eigenvalue weighted by molar-refractivity contribution is 5.94. The highest BCUT2D eigenvalue weighted by Crippen LogP contribution is 2.25. The van der Waals surface area contributed by atoms with Crippen molar-refractivity contribution in [1.29, 1.82) is 0 Å². The van der Waals surface area contributed by atoms with Crippen molar-refractivity contribution in [3.63, 3.8) is 0 Å². The summed E-state index contributed by atoms with van der Waals surface area (Å²) in [6.45, 7) is 3.48. The summed E-state index contributed by atoms with van der Waals surface area (Å²) < 4.78 is 13.1. The Balaban J connectivity index is 1.38. The highest BCUT2D eigenvalue weighted by Gasteiger charge is 2.27. The van der Waals surface area contributed by atoms with E-state index >= 15 is 0 Å². The molecule has 1 aliphatic heterocycles. The Bertz CT molecular complexity index is 1120. The number of amides is 2. The molecule has 0 saturated carbocycles. The number of nitrogens with one attached hydrogen (secondary N) is 1. The van der Waals surface area contributed by atoms with E-state index in [1.54, 1.807) is 18.3 Å². The van der Waals surface area contributed by atoms with E-state index in [9.17, 15) is 14.0 Å². The molecule has 170 valence electrons. The number of hydrogen-bond acceptors (Lipinski definition) is 4. The van der Waals surface area contributed by atoms with Crippen LogP contribution in [0.5, 0.6) is 0 Å². The molecule has 6 nitrogen and oxygen atoms in total. The van der Waals surface area contributed by atoms with Crippen LogP contribution in [0.25, 0.3) is 0 Å². The number of hydrogen-bond donors (Lipinski definition) is 1. The van der Waals surface area contributed by atoms with E-state index < -0.39 is 0 Å². The predicted molar refractivity (Wildman–Crippen MR) is 123 cm³/mol. The average Bonchev–Trinajstić information content (AvgIpc) is 2.84. The largest absolute Gasteiger partial charge is 0.348 e.